The Kier molecular flexibility index (Phi) is 7.07. The molecule has 0 radical (unpaired) electrons. The first kappa shape index (κ1) is 19.6. The van der Waals surface area contributed by atoms with E-state index in [1.807, 2.05) is 23.6 Å². The maximum Gasteiger partial charge on any atom is 0.231 e. The zero-order valence-electron chi connectivity index (χ0n) is 15.6. The van der Waals surface area contributed by atoms with Crippen LogP contribution in [0.1, 0.15) is 48.2 Å². The molecular formula is C22H24N2OS2. The van der Waals surface area contributed by atoms with Gasteiger partial charge in [0.05, 0.1) is 11.8 Å². The summed E-state index contributed by atoms with van der Waals surface area (Å²) in [7, 11) is 0. The molecule has 2 aromatic heterocycles. The third-order valence-corrected chi connectivity index (χ3v) is 6.55. The molecule has 1 N–H and O–H groups in total. The Morgan fingerprint density at radius 3 is 2.44 bits per heavy atom. The summed E-state index contributed by atoms with van der Waals surface area (Å²) < 4.78 is 0. The highest BCUT2D eigenvalue weighted by Crippen LogP contribution is 2.28. The highest BCUT2D eigenvalue weighted by molar-refractivity contribution is 8.00. The van der Waals surface area contributed by atoms with Gasteiger partial charge >= 0.3 is 0 Å². The lowest BCUT2D eigenvalue weighted by Gasteiger charge is -2.19. The summed E-state index contributed by atoms with van der Waals surface area (Å²) in [5, 5.41) is 5.25. The molecule has 0 fully saturated rings. The van der Waals surface area contributed by atoms with E-state index in [2.05, 4.69) is 54.5 Å². The molecule has 3 rings (SSSR count). The minimum absolute atomic E-state index is 0.0289. The molecule has 3 nitrogen and oxygen atoms in total. The Labute approximate surface area is 169 Å². The quantitative estimate of drug-likeness (QED) is 0.500. The van der Waals surface area contributed by atoms with Gasteiger partial charge in [-0.2, -0.15) is 0 Å². The van der Waals surface area contributed by atoms with Crippen LogP contribution in [0.25, 0.3) is 0 Å². The van der Waals surface area contributed by atoms with E-state index in [0.29, 0.717) is 11.7 Å². The number of hydrogen-bond donors (Lipinski definition) is 1. The predicted octanol–water partition coefficient (Wildman–Crippen LogP) is 5.65. The Hall–Kier alpha value is -2.11. The highest BCUT2D eigenvalue weighted by Gasteiger charge is 2.18. The van der Waals surface area contributed by atoms with E-state index >= 15 is 0 Å². The first-order valence-electron chi connectivity index (χ1n) is 9.12. The number of thioether (sulfide) groups is 1. The van der Waals surface area contributed by atoms with E-state index in [4.69, 9.17) is 0 Å². The van der Waals surface area contributed by atoms with Crippen LogP contribution in [0.4, 0.5) is 0 Å². The van der Waals surface area contributed by atoms with Crippen LogP contribution in [0.5, 0.6) is 0 Å². The van der Waals surface area contributed by atoms with Gasteiger partial charge in [-0.05, 0) is 47.0 Å². The second-order valence-corrected chi connectivity index (χ2v) is 8.49. The molecule has 2 atom stereocenters. The normalized spacial score (nSPS) is 13.1. The molecule has 0 aliphatic carbocycles. The standard InChI is InChI=1S/C22H24N2OS2/c1-3-16(2)17-6-8-18(9-7-17)22(20-5-4-14-26-20)24-21(25)15-27-19-10-12-23-13-11-19/h4-14,16,22H,3,15H2,1-2H3,(H,24,25). The number of benzene rings is 1. The third kappa shape index (κ3) is 5.44. The van der Waals surface area contributed by atoms with Gasteiger partial charge in [-0.15, -0.1) is 23.1 Å². The van der Waals surface area contributed by atoms with E-state index in [1.54, 1.807) is 23.7 Å². The average molecular weight is 397 g/mol. The van der Waals surface area contributed by atoms with E-state index in [9.17, 15) is 4.79 Å². The van der Waals surface area contributed by atoms with Gasteiger partial charge in [-0.3, -0.25) is 9.78 Å². The van der Waals surface area contributed by atoms with Gasteiger partial charge in [-0.25, -0.2) is 0 Å². The smallest absolute Gasteiger partial charge is 0.231 e. The zero-order chi connectivity index (χ0) is 19.1. The Morgan fingerprint density at radius 1 is 1.11 bits per heavy atom. The van der Waals surface area contributed by atoms with Crippen LogP contribution < -0.4 is 5.32 Å². The van der Waals surface area contributed by atoms with Gasteiger partial charge in [0.15, 0.2) is 0 Å². The molecule has 140 valence electrons. The Balaban J connectivity index is 1.71. The van der Waals surface area contributed by atoms with Crippen molar-refractivity contribution in [3.63, 3.8) is 0 Å². The fourth-order valence-electron chi connectivity index (χ4n) is 2.81. The lowest BCUT2D eigenvalue weighted by atomic mass is 9.95. The van der Waals surface area contributed by atoms with Gasteiger partial charge in [0.25, 0.3) is 0 Å². The van der Waals surface area contributed by atoms with E-state index in [1.165, 1.54) is 17.3 Å². The largest absolute Gasteiger partial charge is 0.344 e. The molecule has 0 bridgehead atoms. The molecule has 1 amide bonds. The van der Waals surface area contributed by atoms with Gasteiger partial charge in [0.1, 0.15) is 0 Å². The molecule has 0 spiro atoms. The molecule has 2 heterocycles. The average Bonchev–Trinajstić information content (AvgIpc) is 3.25. The van der Waals surface area contributed by atoms with Crippen molar-refractivity contribution in [1.82, 2.24) is 10.3 Å². The monoisotopic (exact) mass is 396 g/mol. The van der Waals surface area contributed by atoms with E-state index < -0.39 is 0 Å². The zero-order valence-corrected chi connectivity index (χ0v) is 17.2. The lowest BCUT2D eigenvalue weighted by Crippen LogP contribution is -2.30. The van der Waals surface area contributed by atoms with E-state index in [0.717, 1.165) is 21.8 Å². The van der Waals surface area contributed by atoms with Crippen molar-refractivity contribution in [2.45, 2.75) is 37.1 Å². The highest BCUT2D eigenvalue weighted by atomic mass is 32.2. The number of carbonyl (C=O) groups excluding carboxylic acids is 1. The molecule has 5 heteroatoms. The number of amides is 1. The molecule has 0 saturated heterocycles. The van der Waals surface area contributed by atoms with Crippen molar-refractivity contribution in [2.24, 2.45) is 0 Å². The second kappa shape index (κ2) is 9.72. The maximum atomic E-state index is 12.6. The van der Waals surface area contributed by atoms with Gasteiger partial charge in [0.2, 0.25) is 5.91 Å². The summed E-state index contributed by atoms with van der Waals surface area (Å²) in [5.74, 6) is 0.962. The number of rotatable bonds is 8. The number of aromatic nitrogens is 1. The topological polar surface area (TPSA) is 42.0 Å². The van der Waals surface area contributed by atoms with Crippen molar-refractivity contribution >= 4 is 29.0 Å². The van der Waals surface area contributed by atoms with Crippen LogP contribution in [0.2, 0.25) is 0 Å². The van der Waals surface area contributed by atoms with Crippen LogP contribution >= 0.6 is 23.1 Å². The Bertz CT molecular complexity index is 833. The van der Waals surface area contributed by atoms with Crippen LogP contribution in [0.15, 0.2) is 71.2 Å². The molecule has 1 aromatic carbocycles. The minimum atomic E-state index is -0.110. The molecular weight excluding hydrogens is 372 g/mol. The van der Waals surface area contributed by atoms with Crippen molar-refractivity contribution in [3.8, 4) is 0 Å². The predicted molar refractivity (Wildman–Crippen MR) is 114 cm³/mol. The van der Waals surface area contributed by atoms with E-state index in [-0.39, 0.29) is 11.9 Å². The van der Waals surface area contributed by atoms with Gasteiger partial charge < -0.3 is 5.32 Å². The van der Waals surface area contributed by atoms with Crippen molar-refractivity contribution in [3.05, 3.63) is 82.3 Å². The second-order valence-electron chi connectivity index (χ2n) is 6.46. The number of hydrogen-bond acceptors (Lipinski definition) is 4. The fraction of sp³-hybridized carbons (Fsp3) is 0.273. The first-order valence-corrected chi connectivity index (χ1v) is 11.0. The summed E-state index contributed by atoms with van der Waals surface area (Å²) >= 11 is 3.19. The third-order valence-electron chi connectivity index (χ3n) is 4.60. The summed E-state index contributed by atoms with van der Waals surface area (Å²) in [6, 6.07) is 16.5. The van der Waals surface area contributed by atoms with Gasteiger partial charge in [0, 0.05) is 22.2 Å². The number of thiophene rings is 1. The van der Waals surface area contributed by atoms with Crippen molar-refractivity contribution < 1.29 is 4.79 Å². The number of nitrogens with zero attached hydrogens (tertiary/aromatic N) is 1. The lowest BCUT2D eigenvalue weighted by molar-refractivity contribution is -0.119. The minimum Gasteiger partial charge on any atom is -0.344 e. The molecule has 2 unspecified atom stereocenters. The maximum absolute atomic E-state index is 12.6. The molecule has 0 aliphatic heterocycles. The molecule has 0 aliphatic rings. The van der Waals surface area contributed by atoms with Crippen LogP contribution in [-0.2, 0) is 4.79 Å². The van der Waals surface area contributed by atoms with Crippen molar-refractivity contribution in [1.29, 1.82) is 0 Å². The number of nitrogens with one attached hydrogen (secondary N) is 1. The molecule has 0 saturated carbocycles. The molecule has 3 aromatic rings. The van der Waals surface area contributed by atoms with Crippen LogP contribution in [0.3, 0.4) is 0 Å². The Morgan fingerprint density at radius 2 is 1.81 bits per heavy atom. The summed E-state index contributed by atoms with van der Waals surface area (Å²) in [5.41, 5.74) is 2.46. The van der Waals surface area contributed by atoms with Crippen LogP contribution in [0, 0.1) is 0 Å². The fourth-order valence-corrected chi connectivity index (χ4v) is 4.31. The molecule has 27 heavy (non-hydrogen) atoms. The van der Waals surface area contributed by atoms with Crippen molar-refractivity contribution in [2.75, 3.05) is 5.75 Å². The summed E-state index contributed by atoms with van der Waals surface area (Å²) in [6.07, 6.45) is 4.61. The van der Waals surface area contributed by atoms with Gasteiger partial charge in [-0.1, -0.05) is 44.2 Å². The van der Waals surface area contributed by atoms with Crippen LogP contribution in [-0.4, -0.2) is 16.6 Å². The number of pyridine rings is 1. The SMILES string of the molecule is CCC(C)c1ccc(C(NC(=O)CSc2ccncc2)c2cccs2)cc1. The summed E-state index contributed by atoms with van der Waals surface area (Å²) in [4.78, 5) is 18.8. The summed E-state index contributed by atoms with van der Waals surface area (Å²) in [6.45, 7) is 4.44. The number of carbonyl (C=O) groups is 1. The first-order chi connectivity index (χ1) is 13.2.